The van der Waals surface area contributed by atoms with Gasteiger partial charge in [-0.3, -0.25) is 0 Å². The maximum Gasteiger partial charge on any atom is 1.00 e. The molecule has 0 unspecified atom stereocenters. The molecule has 0 fully saturated rings. The standard InChI is InChI=1S/C6H14N.Rb/c1-6(2)4-5-7-3;/h6H,4-5H2,1-3H3;/q-1;+1. The van der Waals surface area contributed by atoms with Crippen LogP contribution in [0.3, 0.4) is 0 Å². The Morgan fingerprint density at radius 1 is 1.38 bits per heavy atom. The molecule has 0 heterocycles. The third-order valence-corrected chi connectivity index (χ3v) is 0.930. The molecule has 44 valence electrons. The second kappa shape index (κ2) is 8.77. The molecule has 1 nitrogen and oxygen atoms in total. The van der Waals surface area contributed by atoms with E-state index in [1.54, 1.807) is 0 Å². The fraction of sp³-hybridized carbons (Fsp3) is 1.00. The number of nitrogens with zero attached hydrogens (tertiary/aromatic N) is 1. The topological polar surface area (TPSA) is 14.1 Å². The van der Waals surface area contributed by atoms with Crippen LogP contribution in [0.15, 0.2) is 0 Å². The van der Waals surface area contributed by atoms with Crippen molar-refractivity contribution in [2.45, 2.75) is 20.3 Å². The third-order valence-electron chi connectivity index (χ3n) is 0.930. The average Bonchev–Trinajstić information content (AvgIpc) is 1.61. The van der Waals surface area contributed by atoms with Crippen LogP contribution in [0.1, 0.15) is 20.3 Å². The summed E-state index contributed by atoms with van der Waals surface area (Å²) in [6.45, 7) is 5.45. The van der Waals surface area contributed by atoms with Crippen molar-refractivity contribution in [2.75, 3.05) is 13.6 Å². The Bertz CT molecular complexity index is 37.5. The largest absolute Gasteiger partial charge is 1.00 e. The van der Waals surface area contributed by atoms with E-state index in [-0.39, 0.29) is 58.2 Å². The Kier molecular flexibility index (Phi) is 13.6. The van der Waals surface area contributed by atoms with Crippen molar-refractivity contribution in [1.29, 1.82) is 0 Å². The van der Waals surface area contributed by atoms with Gasteiger partial charge in [0.25, 0.3) is 0 Å². The quantitative estimate of drug-likeness (QED) is 0.538. The summed E-state index contributed by atoms with van der Waals surface area (Å²) in [5.74, 6) is 0.809. The summed E-state index contributed by atoms with van der Waals surface area (Å²) in [5.41, 5.74) is 0. The van der Waals surface area contributed by atoms with Gasteiger partial charge in [0.15, 0.2) is 0 Å². The molecule has 2 heteroatoms. The Morgan fingerprint density at radius 2 is 1.88 bits per heavy atom. The molecule has 0 amide bonds. The monoisotopic (exact) mass is 185 g/mol. The van der Waals surface area contributed by atoms with E-state index in [0.29, 0.717) is 0 Å². The SMILES string of the molecule is C[N-]CCC(C)C.[Rb+]. The smallest absolute Gasteiger partial charge is 0.665 e. The molecule has 0 aliphatic carbocycles. The van der Waals surface area contributed by atoms with Crippen LogP contribution in [0.5, 0.6) is 0 Å². The molecule has 0 saturated heterocycles. The third kappa shape index (κ3) is 10.7. The van der Waals surface area contributed by atoms with E-state index in [4.69, 9.17) is 0 Å². The molecular weight excluding hydrogens is 172 g/mol. The molecule has 0 bridgehead atoms. The van der Waals surface area contributed by atoms with Gasteiger partial charge in [0, 0.05) is 0 Å². The molecule has 0 atom stereocenters. The van der Waals surface area contributed by atoms with Gasteiger partial charge in [-0.15, -0.1) is 6.54 Å². The molecule has 0 aromatic heterocycles. The molecule has 0 rings (SSSR count). The Hall–Kier alpha value is 1.77. The summed E-state index contributed by atoms with van der Waals surface area (Å²) in [6, 6.07) is 0. The molecule has 8 heavy (non-hydrogen) atoms. The minimum Gasteiger partial charge on any atom is -0.665 e. The van der Waals surface area contributed by atoms with Crippen LogP contribution in [0.25, 0.3) is 5.32 Å². The van der Waals surface area contributed by atoms with Crippen LogP contribution in [0.4, 0.5) is 0 Å². The van der Waals surface area contributed by atoms with Crippen LogP contribution >= 0.6 is 0 Å². The van der Waals surface area contributed by atoms with Crippen LogP contribution in [-0.4, -0.2) is 13.6 Å². The van der Waals surface area contributed by atoms with Crippen LogP contribution in [0.2, 0.25) is 0 Å². The van der Waals surface area contributed by atoms with Crippen molar-refractivity contribution in [3.8, 4) is 0 Å². The Labute approximate surface area is 101 Å². The maximum atomic E-state index is 3.98. The molecule has 0 N–H and O–H groups in total. The summed E-state index contributed by atoms with van der Waals surface area (Å²) >= 11 is 0. The number of hydrogen-bond acceptors (Lipinski definition) is 0. The van der Waals surface area contributed by atoms with Gasteiger partial charge in [-0.2, -0.15) is 7.05 Å². The number of rotatable bonds is 3. The first-order valence-electron chi connectivity index (χ1n) is 2.83. The van der Waals surface area contributed by atoms with Crippen molar-refractivity contribution >= 4 is 0 Å². The van der Waals surface area contributed by atoms with E-state index in [1.165, 1.54) is 6.42 Å². The summed E-state index contributed by atoms with van der Waals surface area (Å²) in [6.07, 6.45) is 1.23. The zero-order chi connectivity index (χ0) is 5.70. The normalized spacial score (nSPS) is 9.00. The Balaban J connectivity index is 0. The molecule has 0 radical (unpaired) electrons. The molecule has 0 saturated carbocycles. The minimum atomic E-state index is 0. The molecule has 0 aliphatic heterocycles. The van der Waals surface area contributed by atoms with Crippen LogP contribution < -0.4 is 58.2 Å². The van der Waals surface area contributed by atoms with E-state index < -0.39 is 0 Å². The molecule has 0 aliphatic rings. The van der Waals surface area contributed by atoms with Gasteiger partial charge in [0.05, 0.1) is 0 Å². The van der Waals surface area contributed by atoms with E-state index in [0.717, 1.165) is 12.5 Å². The average molecular weight is 186 g/mol. The molecule has 0 spiro atoms. The van der Waals surface area contributed by atoms with E-state index in [9.17, 15) is 0 Å². The van der Waals surface area contributed by atoms with Gasteiger partial charge in [0.1, 0.15) is 0 Å². The first kappa shape index (κ1) is 12.4. The molecular formula is C6H14NRb. The molecule has 0 aromatic rings. The summed E-state index contributed by atoms with van der Waals surface area (Å²) in [5, 5.41) is 3.98. The zero-order valence-electron chi connectivity index (χ0n) is 6.44. The van der Waals surface area contributed by atoms with Gasteiger partial charge < -0.3 is 5.32 Å². The van der Waals surface area contributed by atoms with Gasteiger partial charge in [-0.25, -0.2) is 0 Å². The first-order valence-corrected chi connectivity index (χ1v) is 2.83. The Morgan fingerprint density at radius 3 is 2.00 bits per heavy atom. The van der Waals surface area contributed by atoms with E-state index >= 15 is 0 Å². The summed E-state index contributed by atoms with van der Waals surface area (Å²) in [4.78, 5) is 0. The fourth-order valence-corrected chi connectivity index (χ4v) is 0.387. The fourth-order valence-electron chi connectivity index (χ4n) is 0.387. The van der Waals surface area contributed by atoms with Crippen molar-refractivity contribution in [1.82, 2.24) is 0 Å². The van der Waals surface area contributed by atoms with Crippen molar-refractivity contribution in [3.05, 3.63) is 5.32 Å². The summed E-state index contributed by atoms with van der Waals surface area (Å²) < 4.78 is 0. The second-order valence-corrected chi connectivity index (χ2v) is 2.22. The van der Waals surface area contributed by atoms with Crippen molar-refractivity contribution in [3.63, 3.8) is 0 Å². The van der Waals surface area contributed by atoms with Crippen molar-refractivity contribution < 1.29 is 58.2 Å². The van der Waals surface area contributed by atoms with Gasteiger partial charge in [-0.1, -0.05) is 20.3 Å². The van der Waals surface area contributed by atoms with E-state index in [1.807, 2.05) is 7.05 Å². The van der Waals surface area contributed by atoms with Gasteiger partial charge in [-0.05, 0) is 5.92 Å². The van der Waals surface area contributed by atoms with Gasteiger partial charge >= 0.3 is 58.2 Å². The van der Waals surface area contributed by atoms with Crippen LogP contribution in [-0.2, 0) is 0 Å². The molecule has 0 aromatic carbocycles. The van der Waals surface area contributed by atoms with E-state index in [2.05, 4.69) is 19.2 Å². The second-order valence-electron chi connectivity index (χ2n) is 2.22. The zero-order valence-corrected chi connectivity index (χ0v) is 11.4. The predicted molar refractivity (Wildman–Crippen MR) is 33.6 cm³/mol. The summed E-state index contributed by atoms with van der Waals surface area (Å²) in [7, 11) is 1.86. The predicted octanol–water partition coefficient (Wildman–Crippen LogP) is -0.960. The van der Waals surface area contributed by atoms with Crippen molar-refractivity contribution in [2.24, 2.45) is 5.92 Å². The first-order chi connectivity index (χ1) is 3.27. The minimum absolute atomic E-state index is 0. The van der Waals surface area contributed by atoms with Gasteiger partial charge in [0.2, 0.25) is 0 Å². The number of hydrogen-bond donors (Lipinski definition) is 0. The van der Waals surface area contributed by atoms with Crippen LogP contribution in [0, 0.1) is 5.92 Å². The maximum absolute atomic E-state index is 3.98.